The van der Waals surface area contributed by atoms with E-state index < -0.39 is 0 Å². The Morgan fingerprint density at radius 3 is 1.72 bits per heavy atom. The number of hydrogen-bond acceptors (Lipinski definition) is 3. The predicted molar refractivity (Wildman–Crippen MR) is 199 cm³/mol. The monoisotopic (exact) mass is 619 g/mol. The fraction of sp³-hybridized carbons (Fsp3) is 0. The molecule has 0 radical (unpaired) electrons. The second-order valence-corrected chi connectivity index (χ2v) is 13.8. The highest BCUT2D eigenvalue weighted by molar-refractivity contribution is 7.26. The Morgan fingerprint density at radius 2 is 0.957 bits per heavy atom. The first-order chi connectivity index (χ1) is 22.7. The molecule has 0 amide bonds. The lowest BCUT2D eigenvalue weighted by Gasteiger charge is -2.18. The van der Waals surface area contributed by atoms with E-state index in [1.807, 2.05) is 53.0 Å². The van der Waals surface area contributed by atoms with Crippen LogP contribution in [0.2, 0.25) is 0 Å². The Kier molecular flexibility index (Phi) is 6.31. The van der Waals surface area contributed by atoms with E-state index in [9.17, 15) is 5.26 Å². The molecular formula is C43H25NS2. The van der Waals surface area contributed by atoms with Crippen molar-refractivity contribution < 1.29 is 0 Å². The molecule has 0 unspecified atom stereocenters. The van der Waals surface area contributed by atoms with Gasteiger partial charge in [-0.1, -0.05) is 103 Å². The quantitative estimate of drug-likeness (QED) is 0.192. The second kappa shape index (κ2) is 10.8. The Morgan fingerprint density at radius 1 is 0.370 bits per heavy atom. The smallest absolute Gasteiger partial charge is 0.0992 e. The van der Waals surface area contributed by atoms with Crippen molar-refractivity contribution in [2.45, 2.75) is 0 Å². The first kappa shape index (κ1) is 26.8. The number of fused-ring (bicyclic) bond motifs is 6. The summed E-state index contributed by atoms with van der Waals surface area (Å²) < 4.78 is 5.16. The van der Waals surface area contributed by atoms with Crippen LogP contribution in [0.25, 0.3) is 84.9 Å². The van der Waals surface area contributed by atoms with Crippen LogP contribution in [0.15, 0.2) is 152 Å². The lowest BCUT2D eigenvalue weighted by molar-refractivity contribution is 1.47. The van der Waals surface area contributed by atoms with Gasteiger partial charge in [0.25, 0.3) is 0 Å². The molecule has 0 aliphatic rings. The zero-order chi connectivity index (χ0) is 30.6. The van der Waals surface area contributed by atoms with Crippen molar-refractivity contribution in [3.05, 3.63) is 157 Å². The maximum Gasteiger partial charge on any atom is 0.0992 e. The van der Waals surface area contributed by atoms with Gasteiger partial charge in [-0.25, -0.2) is 0 Å². The number of thiophene rings is 2. The third-order valence-corrected chi connectivity index (χ3v) is 11.2. The number of nitriles is 1. The number of rotatable bonds is 4. The minimum atomic E-state index is 0.649. The van der Waals surface area contributed by atoms with Crippen LogP contribution in [0.5, 0.6) is 0 Å². The largest absolute Gasteiger partial charge is 0.192 e. The topological polar surface area (TPSA) is 23.8 Å². The summed E-state index contributed by atoms with van der Waals surface area (Å²) in [4.78, 5) is 0. The Labute approximate surface area is 274 Å². The van der Waals surface area contributed by atoms with Crippen LogP contribution in [0.4, 0.5) is 0 Å². The summed E-state index contributed by atoms with van der Waals surface area (Å²) in [5.41, 5.74) is 9.59. The van der Waals surface area contributed by atoms with Gasteiger partial charge < -0.3 is 0 Å². The van der Waals surface area contributed by atoms with Crippen LogP contribution >= 0.6 is 22.7 Å². The molecule has 0 bridgehead atoms. The summed E-state index contributed by atoms with van der Waals surface area (Å²) >= 11 is 3.68. The fourth-order valence-electron chi connectivity index (χ4n) is 6.77. The molecule has 0 aliphatic carbocycles. The van der Waals surface area contributed by atoms with Crippen molar-refractivity contribution in [2.75, 3.05) is 0 Å². The normalized spacial score (nSPS) is 11.5. The minimum Gasteiger partial charge on any atom is -0.192 e. The lowest BCUT2D eigenvalue weighted by Crippen LogP contribution is -1.93. The molecule has 0 fully saturated rings. The molecule has 2 aromatic heterocycles. The van der Waals surface area contributed by atoms with Gasteiger partial charge in [-0.05, 0) is 93.0 Å². The Balaban J connectivity index is 1.33. The van der Waals surface area contributed by atoms with Crippen molar-refractivity contribution in [3.8, 4) is 50.6 Å². The molecule has 9 aromatic rings. The molecule has 0 atom stereocenters. The summed E-state index contributed by atoms with van der Waals surface area (Å²) in [6, 6.07) is 56.7. The van der Waals surface area contributed by atoms with Crippen molar-refractivity contribution in [1.29, 1.82) is 5.26 Å². The van der Waals surface area contributed by atoms with E-state index in [1.165, 1.54) is 51.5 Å². The van der Waals surface area contributed by atoms with Crippen molar-refractivity contribution in [1.82, 2.24) is 0 Å². The van der Waals surface area contributed by atoms with Crippen molar-refractivity contribution in [2.24, 2.45) is 0 Å². The zero-order valence-corrected chi connectivity index (χ0v) is 26.3. The molecule has 46 heavy (non-hydrogen) atoms. The van der Waals surface area contributed by atoms with Gasteiger partial charge in [0.1, 0.15) is 0 Å². The summed E-state index contributed by atoms with van der Waals surface area (Å²) in [6.45, 7) is 0. The highest BCUT2D eigenvalue weighted by Crippen LogP contribution is 2.45. The van der Waals surface area contributed by atoms with E-state index in [4.69, 9.17) is 0 Å². The van der Waals surface area contributed by atoms with Crippen LogP contribution in [-0.4, -0.2) is 0 Å². The van der Waals surface area contributed by atoms with Crippen LogP contribution < -0.4 is 0 Å². The molecule has 7 aromatic carbocycles. The van der Waals surface area contributed by atoms with Gasteiger partial charge >= 0.3 is 0 Å². The van der Waals surface area contributed by atoms with E-state index in [1.54, 1.807) is 0 Å². The van der Waals surface area contributed by atoms with E-state index in [0.717, 1.165) is 33.4 Å². The first-order valence-electron chi connectivity index (χ1n) is 15.3. The molecule has 2 heterocycles. The molecule has 0 saturated heterocycles. The van der Waals surface area contributed by atoms with Crippen molar-refractivity contribution >= 4 is 63.0 Å². The van der Waals surface area contributed by atoms with Gasteiger partial charge in [-0.15, -0.1) is 22.7 Å². The Bertz CT molecular complexity index is 2650. The van der Waals surface area contributed by atoms with E-state index in [2.05, 4.69) is 127 Å². The average molecular weight is 620 g/mol. The number of benzene rings is 7. The molecule has 1 nitrogen and oxygen atoms in total. The average Bonchev–Trinajstić information content (AvgIpc) is 3.69. The fourth-order valence-corrected chi connectivity index (χ4v) is 9.00. The molecule has 0 N–H and O–H groups in total. The molecular weight excluding hydrogens is 595 g/mol. The second-order valence-electron chi connectivity index (χ2n) is 11.6. The SMILES string of the molecule is N#Cc1cc(-c2ccccc2)cc(-c2c(-c3ccc4c(c3)sc3ccccc34)cccc2-c2ccc3sc4ccccc4c3c2)c1. The van der Waals surface area contributed by atoms with Crippen LogP contribution in [0, 0.1) is 11.3 Å². The lowest BCUT2D eigenvalue weighted by atomic mass is 9.85. The summed E-state index contributed by atoms with van der Waals surface area (Å²) in [5, 5.41) is 15.3. The first-order valence-corrected chi connectivity index (χ1v) is 16.9. The summed E-state index contributed by atoms with van der Waals surface area (Å²) in [5.74, 6) is 0. The summed E-state index contributed by atoms with van der Waals surface area (Å²) in [6.07, 6.45) is 0. The van der Waals surface area contributed by atoms with E-state index in [-0.39, 0.29) is 0 Å². The molecule has 3 heteroatoms. The highest BCUT2D eigenvalue weighted by Gasteiger charge is 2.18. The van der Waals surface area contributed by atoms with Gasteiger partial charge in [0, 0.05) is 40.3 Å². The third kappa shape index (κ3) is 4.43. The van der Waals surface area contributed by atoms with Gasteiger partial charge in [0.15, 0.2) is 0 Å². The van der Waals surface area contributed by atoms with Crippen LogP contribution in [0.3, 0.4) is 0 Å². The number of nitrogens with zero attached hydrogens (tertiary/aromatic N) is 1. The molecule has 0 spiro atoms. The Hall–Kier alpha value is -5.53. The minimum absolute atomic E-state index is 0.649. The molecule has 9 rings (SSSR count). The molecule has 0 saturated carbocycles. The third-order valence-electron chi connectivity index (χ3n) is 8.90. The van der Waals surface area contributed by atoms with E-state index >= 15 is 0 Å². The van der Waals surface area contributed by atoms with Crippen LogP contribution in [-0.2, 0) is 0 Å². The van der Waals surface area contributed by atoms with Gasteiger partial charge in [-0.2, -0.15) is 5.26 Å². The van der Waals surface area contributed by atoms with E-state index in [0.29, 0.717) is 5.56 Å². The maximum absolute atomic E-state index is 10.2. The number of hydrogen-bond donors (Lipinski definition) is 0. The van der Waals surface area contributed by atoms with Gasteiger partial charge in [-0.3, -0.25) is 0 Å². The van der Waals surface area contributed by atoms with Gasteiger partial charge in [0.05, 0.1) is 11.6 Å². The zero-order valence-electron chi connectivity index (χ0n) is 24.7. The maximum atomic E-state index is 10.2. The summed E-state index contributed by atoms with van der Waals surface area (Å²) in [7, 11) is 0. The molecule has 214 valence electrons. The van der Waals surface area contributed by atoms with Crippen molar-refractivity contribution in [3.63, 3.8) is 0 Å². The standard InChI is InChI=1S/C43H25NS2/c44-26-27-21-31(28-9-2-1-3-10-28)23-32(22-27)43-33(29-18-20-41-38(24-29)36-12-5-7-16-40(36)45-41)13-8-14-34(43)30-17-19-37-35-11-4-6-15-39(35)46-42(37)25-30/h1-25H. The highest BCUT2D eigenvalue weighted by atomic mass is 32.1. The predicted octanol–water partition coefficient (Wildman–Crippen LogP) is 13.0. The molecule has 0 aliphatic heterocycles. The van der Waals surface area contributed by atoms with Crippen LogP contribution in [0.1, 0.15) is 5.56 Å². The van der Waals surface area contributed by atoms with Gasteiger partial charge in [0.2, 0.25) is 0 Å².